The standard InChI is InChI=1S/C14H11N3O/c1-3-11-4-5-13(14(8-11)18-2)12-9-16-17(10-12)7-6-15/h1,4-5,8-10H,7H2,2H3. The number of methoxy groups -OCH3 is 1. The molecule has 2 aromatic rings. The van der Waals surface area contributed by atoms with Gasteiger partial charge in [0.2, 0.25) is 0 Å². The van der Waals surface area contributed by atoms with Crippen LogP contribution in [0.5, 0.6) is 5.75 Å². The molecule has 0 fully saturated rings. The van der Waals surface area contributed by atoms with E-state index in [1.54, 1.807) is 30.3 Å². The summed E-state index contributed by atoms with van der Waals surface area (Å²) in [5, 5.41) is 12.7. The van der Waals surface area contributed by atoms with Crippen molar-refractivity contribution in [3.05, 3.63) is 36.2 Å². The second-order valence-corrected chi connectivity index (χ2v) is 3.64. The number of hydrogen-bond donors (Lipinski definition) is 0. The average Bonchev–Trinajstić information content (AvgIpc) is 2.87. The van der Waals surface area contributed by atoms with Crippen molar-refractivity contribution in [3.63, 3.8) is 0 Å². The zero-order chi connectivity index (χ0) is 13.0. The van der Waals surface area contributed by atoms with E-state index in [4.69, 9.17) is 16.4 Å². The van der Waals surface area contributed by atoms with Crippen LogP contribution in [0.1, 0.15) is 5.56 Å². The van der Waals surface area contributed by atoms with Crippen LogP contribution in [0, 0.1) is 23.7 Å². The highest BCUT2D eigenvalue weighted by Gasteiger charge is 2.08. The lowest BCUT2D eigenvalue weighted by Crippen LogP contribution is -1.94. The number of nitrogens with zero attached hydrogens (tertiary/aromatic N) is 3. The van der Waals surface area contributed by atoms with Crippen molar-refractivity contribution in [2.75, 3.05) is 7.11 Å². The van der Waals surface area contributed by atoms with Crippen molar-refractivity contribution in [1.82, 2.24) is 9.78 Å². The first-order valence-corrected chi connectivity index (χ1v) is 5.33. The zero-order valence-electron chi connectivity index (χ0n) is 9.92. The molecule has 0 bridgehead atoms. The molecule has 1 aromatic carbocycles. The third-order valence-corrected chi connectivity index (χ3v) is 2.55. The van der Waals surface area contributed by atoms with Crippen LogP contribution < -0.4 is 4.74 Å². The summed E-state index contributed by atoms with van der Waals surface area (Å²) in [5.41, 5.74) is 2.56. The highest BCUT2D eigenvalue weighted by molar-refractivity contribution is 5.70. The normalized spacial score (nSPS) is 9.50. The summed E-state index contributed by atoms with van der Waals surface area (Å²) in [6.45, 7) is 0.227. The SMILES string of the molecule is C#Cc1ccc(-c2cnn(CC#N)c2)c(OC)c1. The molecule has 0 amide bonds. The maximum atomic E-state index is 8.61. The van der Waals surface area contributed by atoms with Crippen LogP contribution in [0.25, 0.3) is 11.1 Å². The number of aromatic nitrogens is 2. The third-order valence-electron chi connectivity index (χ3n) is 2.55. The van der Waals surface area contributed by atoms with Gasteiger partial charge in [0.05, 0.1) is 19.4 Å². The minimum absolute atomic E-state index is 0.227. The molecule has 0 radical (unpaired) electrons. The van der Waals surface area contributed by atoms with Crippen molar-refractivity contribution < 1.29 is 4.74 Å². The number of benzene rings is 1. The Morgan fingerprint density at radius 1 is 1.50 bits per heavy atom. The number of nitriles is 1. The Labute approximate surface area is 105 Å². The van der Waals surface area contributed by atoms with Crippen molar-refractivity contribution in [2.45, 2.75) is 6.54 Å². The minimum Gasteiger partial charge on any atom is -0.496 e. The molecule has 0 atom stereocenters. The molecular formula is C14H11N3O. The molecule has 0 N–H and O–H groups in total. The number of ether oxygens (including phenoxy) is 1. The highest BCUT2D eigenvalue weighted by atomic mass is 16.5. The summed E-state index contributed by atoms with van der Waals surface area (Å²) >= 11 is 0. The smallest absolute Gasteiger partial charge is 0.128 e. The van der Waals surface area contributed by atoms with Gasteiger partial charge in [-0.1, -0.05) is 5.92 Å². The summed E-state index contributed by atoms with van der Waals surface area (Å²) in [6.07, 6.45) is 8.85. The fourth-order valence-electron chi connectivity index (χ4n) is 1.68. The third kappa shape index (κ3) is 2.18. The van der Waals surface area contributed by atoms with Crippen molar-refractivity contribution in [2.24, 2.45) is 0 Å². The van der Waals surface area contributed by atoms with Crippen molar-refractivity contribution >= 4 is 0 Å². The molecule has 1 heterocycles. The molecule has 0 aliphatic rings. The van der Waals surface area contributed by atoms with Crippen LogP contribution in [-0.2, 0) is 6.54 Å². The molecule has 88 valence electrons. The van der Waals surface area contributed by atoms with Crippen LogP contribution in [0.3, 0.4) is 0 Å². The summed E-state index contributed by atoms with van der Waals surface area (Å²) in [6, 6.07) is 7.58. The predicted molar refractivity (Wildman–Crippen MR) is 67.8 cm³/mol. The zero-order valence-corrected chi connectivity index (χ0v) is 9.92. The van der Waals surface area contributed by atoms with Gasteiger partial charge >= 0.3 is 0 Å². The fraction of sp³-hybridized carbons (Fsp3) is 0.143. The number of hydrogen-bond acceptors (Lipinski definition) is 3. The lowest BCUT2D eigenvalue weighted by atomic mass is 10.1. The summed E-state index contributed by atoms with van der Waals surface area (Å²) in [7, 11) is 1.60. The van der Waals surface area contributed by atoms with E-state index >= 15 is 0 Å². The first-order chi connectivity index (χ1) is 8.78. The molecule has 0 spiro atoms. The van der Waals surface area contributed by atoms with Gasteiger partial charge in [-0.2, -0.15) is 10.4 Å². The quantitative estimate of drug-likeness (QED) is 0.768. The van der Waals surface area contributed by atoms with E-state index in [2.05, 4.69) is 11.0 Å². The second kappa shape index (κ2) is 5.07. The van der Waals surface area contributed by atoms with E-state index in [0.29, 0.717) is 5.75 Å². The van der Waals surface area contributed by atoms with E-state index < -0.39 is 0 Å². The molecule has 0 aliphatic heterocycles. The van der Waals surface area contributed by atoms with Gasteiger partial charge in [0, 0.05) is 22.9 Å². The Balaban J connectivity index is 2.44. The van der Waals surface area contributed by atoms with E-state index in [-0.39, 0.29) is 6.54 Å². The van der Waals surface area contributed by atoms with Gasteiger partial charge in [-0.3, -0.25) is 4.68 Å². The average molecular weight is 237 g/mol. The van der Waals surface area contributed by atoms with Crippen molar-refractivity contribution in [3.8, 4) is 35.3 Å². The predicted octanol–water partition coefficient (Wildman–Crippen LogP) is 2.06. The molecule has 4 heteroatoms. The monoisotopic (exact) mass is 237 g/mol. The molecule has 1 aromatic heterocycles. The van der Waals surface area contributed by atoms with Gasteiger partial charge < -0.3 is 4.74 Å². The van der Waals surface area contributed by atoms with Crippen LogP contribution in [0.15, 0.2) is 30.6 Å². The van der Waals surface area contributed by atoms with Crippen LogP contribution in [0.2, 0.25) is 0 Å². The largest absolute Gasteiger partial charge is 0.496 e. The highest BCUT2D eigenvalue weighted by Crippen LogP contribution is 2.30. The first-order valence-electron chi connectivity index (χ1n) is 5.33. The van der Waals surface area contributed by atoms with Gasteiger partial charge in [-0.25, -0.2) is 0 Å². The van der Waals surface area contributed by atoms with Crippen LogP contribution >= 0.6 is 0 Å². The van der Waals surface area contributed by atoms with Gasteiger partial charge in [0.15, 0.2) is 0 Å². The number of terminal acetylenes is 1. The van der Waals surface area contributed by atoms with Gasteiger partial charge in [-0.05, 0) is 18.2 Å². The van der Waals surface area contributed by atoms with E-state index in [9.17, 15) is 0 Å². The molecule has 0 saturated heterocycles. The van der Waals surface area contributed by atoms with Gasteiger partial charge in [0.1, 0.15) is 12.3 Å². The molecule has 4 nitrogen and oxygen atoms in total. The number of rotatable bonds is 3. The van der Waals surface area contributed by atoms with Crippen LogP contribution in [-0.4, -0.2) is 16.9 Å². The summed E-state index contributed by atoms with van der Waals surface area (Å²) < 4.78 is 6.89. The topological polar surface area (TPSA) is 50.8 Å². The first kappa shape index (κ1) is 11.8. The summed E-state index contributed by atoms with van der Waals surface area (Å²) in [4.78, 5) is 0. The van der Waals surface area contributed by atoms with E-state index in [1.807, 2.05) is 18.2 Å². The maximum Gasteiger partial charge on any atom is 0.128 e. The molecule has 0 unspecified atom stereocenters. The molecule has 0 aliphatic carbocycles. The van der Waals surface area contributed by atoms with E-state index in [0.717, 1.165) is 16.7 Å². The Morgan fingerprint density at radius 2 is 2.33 bits per heavy atom. The van der Waals surface area contributed by atoms with Gasteiger partial charge in [-0.15, -0.1) is 6.42 Å². The Bertz CT molecular complexity index is 644. The molecule has 18 heavy (non-hydrogen) atoms. The fourth-order valence-corrected chi connectivity index (χ4v) is 1.68. The Kier molecular flexibility index (Phi) is 3.31. The maximum absolute atomic E-state index is 8.61. The Morgan fingerprint density at radius 3 is 3.00 bits per heavy atom. The molecular weight excluding hydrogens is 226 g/mol. The summed E-state index contributed by atoms with van der Waals surface area (Å²) in [5.74, 6) is 3.26. The second-order valence-electron chi connectivity index (χ2n) is 3.64. The van der Waals surface area contributed by atoms with E-state index in [1.165, 1.54) is 0 Å². The lowest BCUT2D eigenvalue weighted by Gasteiger charge is -2.06. The van der Waals surface area contributed by atoms with Gasteiger partial charge in [0.25, 0.3) is 0 Å². The van der Waals surface area contributed by atoms with Crippen molar-refractivity contribution in [1.29, 1.82) is 5.26 Å². The Hall–Kier alpha value is -2.72. The minimum atomic E-state index is 0.227. The molecule has 0 saturated carbocycles. The van der Waals surface area contributed by atoms with Crippen LogP contribution in [0.4, 0.5) is 0 Å². The lowest BCUT2D eigenvalue weighted by molar-refractivity contribution is 0.416. The molecule has 2 rings (SSSR count).